The molecule has 0 saturated carbocycles. The van der Waals surface area contributed by atoms with Crippen molar-refractivity contribution in [2.75, 3.05) is 7.11 Å². The normalized spacial score (nSPS) is 10.5. The molecule has 0 aliphatic rings. The van der Waals surface area contributed by atoms with E-state index >= 15 is 0 Å². The molecule has 6 heteroatoms. The van der Waals surface area contributed by atoms with Gasteiger partial charge in [0.05, 0.1) is 12.8 Å². The average Bonchev–Trinajstić information content (AvgIpc) is 3.05. The van der Waals surface area contributed by atoms with Crippen LogP contribution in [0, 0.1) is 0 Å². The van der Waals surface area contributed by atoms with Gasteiger partial charge in [-0.25, -0.2) is 4.98 Å². The van der Waals surface area contributed by atoms with Crippen LogP contribution in [0.25, 0.3) is 21.8 Å². The fourth-order valence-corrected chi connectivity index (χ4v) is 2.95. The smallest absolute Gasteiger partial charge is 0.488 e. The zero-order valence-corrected chi connectivity index (χ0v) is 12.7. The molecule has 3 aromatic rings. The molecule has 3 rings (SSSR count). The Kier molecular flexibility index (Phi) is 4.24. The summed E-state index contributed by atoms with van der Waals surface area (Å²) < 4.78 is 5.23. The molecule has 2 N–H and O–H groups in total. The second-order valence-electron chi connectivity index (χ2n) is 4.77. The summed E-state index contributed by atoms with van der Waals surface area (Å²) >= 11 is 1.56. The fourth-order valence-electron chi connectivity index (χ4n) is 2.12. The second kappa shape index (κ2) is 6.31. The van der Waals surface area contributed by atoms with Gasteiger partial charge in [0.2, 0.25) is 0 Å². The van der Waals surface area contributed by atoms with E-state index in [0.29, 0.717) is 5.46 Å². The molecule has 0 amide bonds. The molecule has 0 unspecified atom stereocenters. The van der Waals surface area contributed by atoms with E-state index in [2.05, 4.69) is 4.98 Å². The maximum absolute atomic E-state index is 9.12. The number of benzene rings is 2. The first-order chi connectivity index (χ1) is 10.7. The molecule has 1 aromatic heterocycles. The third-order valence-electron chi connectivity index (χ3n) is 3.33. The minimum Gasteiger partial charge on any atom is -0.497 e. The Morgan fingerprint density at radius 1 is 1.05 bits per heavy atom. The Labute approximate surface area is 132 Å². The van der Waals surface area contributed by atoms with E-state index in [0.717, 1.165) is 27.6 Å². The van der Waals surface area contributed by atoms with Crippen LogP contribution in [0.3, 0.4) is 0 Å². The number of nitrogens with zero attached hydrogens (tertiary/aromatic N) is 1. The Bertz CT molecular complexity index is 771. The summed E-state index contributed by atoms with van der Waals surface area (Å²) in [7, 11) is 0.195. The number of hydrogen-bond acceptors (Lipinski definition) is 5. The highest BCUT2D eigenvalue weighted by Gasteiger charge is 2.12. The van der Waals surface area contributed by atoms with E-state index in [4.69, 9.17) is 14.8 Å². The standard InChI is InChI=1S/C16H14BNO3S/c1-21-14-4-2-3-12(9-14)16-18-15(10-22-16)11-5-7-13(8-6-11)17(19)20/h2-10,19-20H,1H3. The van der Waals surface area contributed by atoms with Crippen LogP contribution in [-0.4, -0.2) is 29.3 Å². The molecule has 22 heavy (non-hydrogen) atoms. The number of aromatic nitrogens is 1. The van der Waals surface area contributed by atoms with Crippen molar-refractivity contribution in [1.82, 2.24) is 4.98 Å². The summed E-state index contributed by atoms with van der Waals surface area (Å²) in [5.74, 6) is 0.801. The van der Waals surface area contributed by atoms with Gasteiger partial charge in [-0.15, -0.1) is 11.3 Å². The topological polar surface area (TPSA) is 62.6 Å². The van der Waals surface area contributed by atoms with E-state index < -0.39 is 7.12 Å². The summed E-state index contributed by atoms with van der Waals surface area (Å²) in [6.45, 7) is 0. The molecular formula is C16H14BNO3S. The molecule has 0 saturated heterocycles. The minimum absolute atomic E-state index is 0.465. The second-order valence-corrected chi connectivity index (χ2v) is 5.62. The van der Waals surface area contributed by atoms with Crippen LogP contribution in [0.15, 0.2) is 53.9 Å². The van der Waals surface area contributed by atoms with Crippen LogP contribution >= 0.6 is 11.3 Å². The van der Waals surface area contributed by atoms with E-state index in [1.54, 1.807) is 30.6 Å². The predicted octanol–water partition coefficient (Wildman–Crippen LogP) is 2.17. The monoisotopic (exact) mass is 311 g/mol. The lowest BCUT2D eigenvalue weighted by Gasteiger charge is -2.02. The third-order valence-corrected chi connectivity index (χ3v) is 4.22. The van der Waals surface area contributed by atoms with Crippen LogP contribution in [0.2, 0.25) is 0 Å². The van der Waals surface area contributed by atoms with E-state index in [1.165, 1.54) is 0 Å². The van der Waals surface area contributed by atoms with Gasteiger partial charge >= 0.3 is 7.12 Å². The first-order valence-electron chi connectivity index (χ1n) is 6.74. The van der Waals surface area contributed by atoms with Crippen molar-refractivity contribution in [2.24, 2.45) is 0 Å². The number of thiazole rings is 1. The zero-order chi connectivity index (χ0) is 15.5. The Hall–Kier alpha value is -2.15. The Morgan fingerprint density at radius 2 is 1.82 bits per heavy atom. The molecule has 0 atom stereocenters. The number of ether oxygens (including phenoxy) is 1. The van der Waals surface area contributed by atoms with Gasteiger partial charge in [0, 0.05) is 16.5 Å². The van der Waals surface area contributed by atoms with Gasteiger partial charge in [-0.3, -0.25) is 0 Å². The first kappa shape index (κ1) is 14.8. The summed E-state index contributed by atoms with van der Waals surface area (Å²) in [5, 5.41) is 21.1. The van der Waals surface area contributed by atoms with Gasteiger partial charge in [0.1, 0.15) is 10.8 Å². The molecule has 0 fully saturated rings. The van der Waals surface area contributed by atoms with Gasteiger partial charge in [0.25, 0.3) is 0 Å². The highest BCUT2D eigenvalue weighted by molar-refractivity contribution is 7.13. The van der Waals surface area contributed by atoms with Crippen LogP contribution in [0.4, 0.5) is 0 Å². The molecule has 0 radical (unpaired) electrons. The maximum Gasteiger partial charge on any atom is 0.488 e. The molecule has 0 aliphatic carbocycles. The van der Waals surface area contributed by atoms with Crippen molar-refractivity contribution in [3.8, 4) is 27.6 Å². The highest BCUT2D eigenvalue weighted by atomic mass is 32.1. The molecule has 0 spiro atoms. The first-order valence-corrected chi connectivity index (χ1v) is 7.62. The molecule has 110 valence electrons. The maximum atomic E-state index is 9.12. The van der Waals surface area contributed by atoms with Crippen molar-refractivity contribution in [2.45, 2.75) is 0 Å². The molecule has 2 aromatic carbocycles. The summed E-state index contributed by atoms with van der Waals surface area (Å²) in [5.41, 5.74) is 3.28. The van der Waals surface area contributed by atoms with Gasteiger partial charge < -0.3 is 14.8 Å². The largest absolute Gasteiger partial charge is 0.497 e. The summed E-state index contributed by atoms with van der Waals surface area (Å²) in [4.78, 5) is 4.64. The average molecular weight is 311 g/mol. The predicted molar refractivity (Wildman–Crippen MR) is 89.4 cm³/mol. The zero-order valence-electron chi connectivity index (χ0n) is 11.9. The fraction of sp³-hybridized carbons (Fsp3) is 0.0625. The molecule has 0 bridgehead atoms. The van der Waals surface area contributed by atoms with Gasteiger partial charge in [-0.05, 0) is 17.6 Å². The van der Waals surface area contributed by atoms with E-state index in [9.17, 15) is 0 Å². The van der Waals surface area contributed by atoms with Crippen LogP contribution in [0.5, 0.6) is 5.75 Å². The highest BCUT2D eigenvalue weighted by Crippen LogP contribution is 2.30. The number of methoxy groups -OCH3 is 1. The van der Waals surface area contributed by atoms with Gasteiger partial charge in [-0.1, -0.05) is 36.4 Å². The Morgan fingerprint density at radius 3 is 2.50 bits per heavy atom. The number of hydrogen-bond donors (Lipinski definition) is 2. The van der Waals surface area contributed by atoms with Crippen LogP contribution in [-0.2, 0) is 0 Å². The van der Waals surface area contributed by atoms with Gasteiger partial charge in [0.15, 0.2) is 0 Å². The van der Waals surface area contributed by atoms with Gasteiger partial charge in [-0.2, -0.15) is 0 Å². The van der Waals surface area contributed by atoms with Crippen molar-refractivity contribution in [3.63, 3.8) is 0 Å². The SMILES string of the molecule is COc1cccc(-c2nc(-c3ccc(B(O)O)cc3)cs2)c1. The van der Waals surface area contributed by atoms with Crippen molar-refractivity contribution in [3.05, 3.63) is 53.9 Å². The van der Waals surface area contributed by atoms with Crippen molar-refractivity contribution >= 4 is 23.9 Å². The lowest BCUT2D eigenvalue weighted by molar-refractivity contribution is 0.415. The molecule has 4 nitrogen and oxygen atoms in total. The lowest BCUT2D eigenvalue weighted by Crippen LogP contribution is -2.29. The quantitative estimate of drug-likeness (QED) is 0.725. The molecule has 1 heterocycles. The molecule has 0 aliphatic heterocycles. The summed E-state index contributed by atoms with van der Waals surface area (Å²) in [6, 6.07) is 14.8. The third kappa shape index (κ3) is 3.04. The molecular weight excluding hydrogens is 297 g/mol. The summed E-state index contributed by atoms with van der Waals surface area (Å²) in [6.07, 6.45) is 0. The number of rotatable bonds is 4. The van der Waals surface area contributed by atoms with E-state index in [1.807, 2.05) is 41.8 Å². The van der Waals surface area contributed by atoms with Crippen molar-refractivity contribution in [1.29, 1.82) is 0 Å². The van der Waals surface area contributed by atoms with E-state index in [-0.39, 0.29) is 0 Å². The Balaban J connectivity index is 1.89. The van der Waals surface area contributed by atoms with Crippen LogP contribution in [0.1, 0.15) is 0 Å². The van der Waals surface area contributed by atoms with Crippen molar-refractivity contribution < 1.29 is 14.8 Å². The minimum atomic E-state index is -1.45. The van der Waals surface area contributed by atoms with Crippen LogP contribution < -0.4 is 10.2 Å². The lowest BCUT2D eigenvalue weighted by atomic mass is 9.80.